The molecule has 0 spiro atoms. The third-order valence-electron chi connectivity index (χ3n) is 8.72. The molecular formula is C25H30N2O4. The Morgan fingerprint density at radius 2 is 2.26 bits per heavy atom. The van der Waals surface area contributed by atoms with Crippen LogP contribution >= 0.6 is 0 Å². The molecule has 6 nitrogen and oxygen atoms in total. The van der Waals surface area contributed by atoms with Gasteiger partial charge in [-0.05, 0) is 74.8 Å². The van der Waals surface area contributed by atoms with Crippen LogP contribution in [0.15, 0.2) is 29.8 Å². The van der Waals surface area contributed by atoms with Crippen LogP contribution in [0.3, 0.4) is 0 Å². The molecule has 0 unspecified atom stereocenters. The molecule has 2 N–H and O–H groups in total. The van der Waals surface area contributed by atoms with E-state index in [0.29, 0.717) is 43.6 Å². The van der Waals surface area contributed by atoms with Crippen molar-refractivity contribution in [3.05, 3.63) is 41.0 Å². The molecule has 3 fully saturated rings. The quantitative estimate of drug-likeness (QED) is 0.596. The van der Waals surface area contributed by atoms with Crippen LogP contribution in [0.1, 0.15) is 54.9 Å². The van der Waals surface area contributed by atoms with Gasteiger partial charge in [-0.1, -0.05) is 11.6 Å². The number of hydrogen-bond acceptors (Lipinski definition) is 5. The maximum atomic E-state index is 13.5. The lowest BCUT2D eigenvalue weighted by Gasteiger charge is -2.59. The Labute approximate surface area is 182 Å². The molecule has 6 heteroatoms. The van der Waals surface area contributed by atoms with Crippen LogP contribution in [0.5, 0.6) is 0 Å². The summed E-state index contributed by atoms with van der Waals surface area (Å²) in [6.45, 7) is 3.34. The van der Waals surface area contributed by atoms with Gasteiger partial charge in [0.2, 0.25) is 5.91 Å². The predicted octanol–water partition coefficient (Wildman–Crippen LogP) is 2.94. The summed E-state index contributed by atoms with van der Waals surface area (Å²) in [4.78, 5) is 28.1. The number of rotatable bonds is 4. The topological polar surface area (TPSA) is 81.9 Å². The van der Waals surface area contributed by atoms with Crippen LogP contribution in [0.4, 0.5) is 5.69 Å². The molecule has 3 aliphatic heterocycles. The zero-order valence-electron chi connectivity index (χ0n) is 18.0. The molecule has 0 aromatic heterocycles. The second kappa shape index (κ2) is 6.91. The molecular weight excluding hydrogens is 392 g/mol. The Morgan fingerprint density at radius 3 is 3.06 bits per heavy atom. The lowest BCUT2D eigenvalue weighted by atomic mass is 9.48. The van der Waals surface area contributed by atoms with Gasteiger partial charge in [0.1, 0.15) is 0 Å². The minimum absolute atomic E-state index is 0.0393. The number of carbonyl (C=O) groups is 2. The van der Waals surface area contributed by atoms with E-state index < -0.39 is 0 Å². The number of nitrogens with two attached hydrogens (primary N) is 1. The van der Waals surface area contributed by atoms with Gasteiger partial charge in [-0.3, -0.25) is 4.79 Å². The van der Waals surface area contributed by atoms with Gasteiger partial charge in [-0.2, -0.15) is 0 Å². The second-order valence-electron chi connectivity index (χ2n) is 9.75. The Balaban J connectivity index is 1.57. The molecule has 164 valence electrons. The molecule has 1 aromatic rings. The molecule has 2 aliphatic carbocycles. The summed E-state index contributed by atoms with van der Waals surface area (Å²) in [6, 6.07) is 5.84. The highest BCUT2D eigenvalue weighted by Gasteiger charge is 2.67. The Bertz CT molecular complexity index is 988. The van der Waals surface area contributed by atoms with Crippen LogP contribution in [-0.4, -0.2) is 43.8 Å². The van der Waals surface area contributed by atoms with Gasteiger partial charge in [0.25, 0.3) is 0 Å². The monoisotopic (exact) mass is 422 g/mol. The van der Waals surface area contributed by atoms with Crippen LogP contribution in [0.2, 0.25) is 0 Å². The maximum Gasteiger partial charge on any atom is 0.338 e. The van der Waals surface area contributed by atoms with Crippen molar-refractivity contribution in [1.29, 1.82) is 0 Å². The van der Waals surface area contributed by atoms with Crippen molar-refractivity contribution in [2.45, 2.75) is 56.6 Å². The van der Waals surface area contributed by atoms with E-state index in [1.807, 2.05) is 25.1 Å². The first kappa shape index (κ1) is 19.5. The average molecular weight is 423 g/mol. The van der Waals surface area contributed by atoms with Gasteiger partial charge in [0.05, 0.1) is 37.3 Å². The Hall–Kier alpha value is -2.18. The first-order valence-electron chi connectivity index (χ1n) is 11.7. The van der Waals surface area contributed by atoms with Gasteiger partial charge in [-0.25, -0.2) is 4.79 Å². The fourth-order valence-electron chi connectivity index (χ4n) is 7.76. The summed E-state index contributed by atoms with van der Waals surface area (Å²) in [7, 11) is 0. The molecule has 2 saturated carbocycles. The highest BCUT2D eigenvalue weighted by Crippen LogP contribution is 2.66. The predicted molar refractivity (Wildman–Crippen MR) is 116 cm³/mol. The summed E-state index contributed by atoms with van der Waals surface area (Å²) in [5.41, 5.74) is 10.2. The van der Waals surface area contributed by atoms with Crippen LogP contribution in [-0.2, 0) is 19.7 Å². The molecule has 2 bridgehead atoms. The van der Waals surface area contributed by atoms with Crippen molar-refractivity contribution in [2.75, 3.05) is 24.7 Å². The number of amides is 1. The normalized spacial score (nSPS) is 37.1. The van der Waals surface area contributed by atoms with Crippen molar-refractivity contribution in [2.24, 2.45) is 23.5 Å². The summed E-state index contributed by atoms with van der Waals surface area (Å²) < 4.78 is 11.6. The molecule has 5 aliphatic rings. The SMILES string of the molecule is CCOC(=O)c1ccc2c(c1)[C@]1(CCN)[C@H]3CCC4=CCO[C@H]5CC(=O)N2[C@H]1[C@H]5[C@H]4C3. The van der Waals surface area contributed by atoms with Crippen molar-refractivity contribution >= 4 is 17.6 Å². The van der Waals surface area contributed by atoms with Gasteiger partial charge in [0, 0.05) is 17.0 Å². The van der Waals surface area contributed by atoms with Crippen LogP contribution < -0.4 is 10.6 Å². The van der Waals surface area contributed by atoms with Gasteiger partial charge in [0.15, 0.2) is 0 Å². The number of anilines is 1. The summed E-state index contributed by atoms with van der Waals surface area (Å²) in [5, 5.41) is 0. The third-order valence-corrected chi connectivity index (χ3v) is 8.72. The summed E-state index contributed by atoms with van der Waals surface area (Å²) in [6.07, 6.45) is 6.82. The third kappa shape index (κ3) is 2.46. The van der Waals surface area contributed by atoms with Crippen molar-refractivity contribution in [1.82, 2.24) is 0 Å². The number of allylic oxidation sites excluding steroid dienone is 1. The molecule has 6 atom stereocenters. The van der Waals surface area contributed by atoms with Crippen molar-refractivity contribution in [3.63, 3.8) is 0 Å². The first-order chi connectivity index (χ1) is 15.1. The first-order valence-corrected chi connectivity index (χ1v) is 11.7. The lowest BCUT2D eigenvalue weighted by Crippen LogP contribution is -2.67. The highest BCUT2D eigenvalue weighted by molar-refractivity contribution is 6.00. The molecule has 6 rings (SSSR count). The number of piperidine rings is 1. The average Bonchev–Trinajstić information content (AvgIpc) is 2.92. The van der Waals surface area contributed by atoms with Crippen molar-refractivity contribution < 1.29 is 19.1 Å². The Kier molecular flexibility index (Phi) is 4.35. The van der Waals surface area contributed by atoms with E-state index in [1.54, 1.807) is 0 Å². The number of hydrogen-bond donors (Lipinski definition) is 1. The minimum Gasteiger partial charge on any atom is -0.462 e. The Morgan fingerprint density at radius 1 is 1.39 bits per heavy atom. The molecule has 31 heavy (non-hydrogen) atoms. The highest BCUT2D eigenvalue weighted by atomic mass is 16.5. The molecule has 1 aromatic carbocycles. The number of nitrogens with zero attached hydrogens (tertiary/aromatic N) is 1. The number of esters is 1. The molecule has 0 radical (unpaired) electrons. The number of carbonyl (C=O) groups excluding carboxylic acids is 2. The molecule has 3 heterocycles. The fourth-order valence-corrected chi connectivity index (χ4v) is 7.76. The van der Waals surface area contributed by atoms with Crippen molar-refractivity contribution in [3.8, 4) is 0 Å². The number of ether oxygens (including phenoxy) is 2. The maximum absolute atomic E-state index is 13.5. The smallest absolute Gasteiger partial charge is 0.338 e. The number of benzene rings is 1. The van der Waals surface area contributed by atoms with E-state index in [0.717, 1.165) is 36.9 Å². The van der Waals surface area contributed by atoms with E-state index in [1.165, 1.54) is 5.57 Å². The van der Waals surface area contributed by atoms with E-state index >= 15 is 0 Å². The molecule has 1 amide bonds. The molecule has 1 saturated heterocycles. The zero-order valence-corrected chi connectivity index (χ0v) is 18.0. The van der Waals surface area contributed by atoms with E-state index in [9.17, 15) is 9.59 Å². The van der Waals surface area contributed by atoms with Crippen LogP contribution in [0, 0.1) is 17.8 Å². The lowest BCUT2D eigenvalue weighted by molar-refractivity contribution is -0.133. The van der Waals surface area contributed by atoms with E-state index in [4.69, 9.17) is 15.2 Å². The van der Waals surface area contributed by atoms with E-state index in [-0.39, 0.29) is 35.4 Å². The van der Waals surface area contributed by atoms with Gasteiger partial charge < -0.3 is 20.1 Å². The van der Waals surface area contributed by atoms with E-state index in [2.05, 4.69) is 11.0 Å². The number of fused-ring (bicyclic) bond motifs is 5. The van der Waals surface area contributed by atoms with Crippen LogP contribution in [0.25, 0.3) is 0 Å². The fraction of sp³-hybridized carbons (Fsp3) is 0.600. The summed E-state index contributed by atoms with van der Waals surface area (Å²) >= 11 is 0. The van der Waals surface area contributed by atoms with Gasteiger partial charge in [-0.15, -0.1) is 0 Å². The standard InChI is InChI=1S/C25H30N2O4/c1-2-30-24(29)15-4-6-19-18(11-15)25(8-9-26)16-5-3-14-7-10-31-20-13-21(28)27(19)23(25)22(20)17(14)12-16/h4,6-7,11,16-17,20,22-23H,2-3,5,8-10,12-13,26H2,1H3/t16-,17-,20-,22-,23-,25-/m0/s1. The van der Waals surface area contributed by atoms with Gasteiger partial charge >= 0.3 is 5.97 Å². The summed E-state index contributed by atoms with van der Waals surface area (Å²) in [5.74, 6) is 1.05. The minimum atomic E-state index is -0.303. The largest absolute Gasteiger partial charge is 0.462 e. The zero-order chi connectivity index (χ0) is 21.3. The second-order valence-corrected chi connectivity index (χ2v) is 9.75.